The molecule has 2 aliphatic rings. The van der Waals surface area contributed by atoms with E-state index in [0.29, 0.717) is 4.99 Å². The quantitative estimate of drug-likeness (QED) is 0.785. The van der Waals surface area contributed by atoms with Crippen molar-refractivity contribution in [3.63, 3.8) is 0 Å². The number of hydrogen-bond donors (Lipinski definition) is 1. The lowest BCUT2D eigenvalue weighted by atomic mass is 9.88. The summed E-state index contributed by atoms with van der Waals surface area (Å²) >= 11 is 5.14. The van der Waals surface area contributed by atoms with Crippen LogP contribution in [0.5, 0.6) is 0 Å². The van der Waals surface area contributed by atoms with E-state index in [-0.39, 0.29) is 5.41 Å². The first-order valence-electron chi connectivity index (χ1n) is 7.75. The Morgan fingerprint density at radius 3 is 2.74 bits per heavy atom. The van der Waals surface area contributed by atoms with Crippen molar-refractivity contribution in [3.8, 4) is 0 Å². The van der Waals surface area contributed by atoms with Gasteiger partial charge in [-0.05, 0) is 58.3 Å². The molecule has 0 spiro atoms. The molecule has 0 amide bonds. The third kappa shape index (κ3) is 4.14. The molecule has 0 aromatic rings. The van der Waals surface area contributed by atoms with Crippen molar-refractivity contribution in [1.29, 1.82) is 0 Å². The summed E-state index contributed by atoms with van der Waals surface area (Å²) in [5, 5.41) is 0. The zero-order valence-corrected chi connectivity index (χ0v) is 13.3. The van der Waals surface area contributed by atoms with Crippen LogP contribution >= 0.6 is 12.2 Å². The van der Waals surface area contributed by atoms with Gasteiger partial charge in [-0.1, -0.05) is 26.1 Å². The van der Waals surface area contributed by atoms with Crippen LogP contribution in [0.2, 0.25) is 0 Å². The summed E-state index contributed by atoms with van der Waals surface area (Å²) in [4.78, 5) is 6.01. The molecule has 19 heavy (non-hydrogen) atoms. The Hall–Kier alpha value is -0.190. The van der Waals surface area contributed by atoms with Crippen LogP contribution in [0.4, 0.5) is 0 Å². The number of nitrogens with two attached hydrogens (primary N) is 1. The number of hydrogen-bond acceptors (Lipinski definition) is 3. The normalized spacial score (nSPS) is 26.1. The smallest absolute Gasteiger partial charge is 0.0784 e. The monoisotopic (exact) mass is 283 g/mol. The summed E-state index contributed by atoms with van der Waals surface area (Å²) in [6.07, 6.45) is 6.43. The summed E-state index contributed by atoms with van der Waals surface area (Å²) in [6, 6.07) is 0.825. The summed E-state index contributed by atoms with van der Waals surface area (Å²) in [6.45, 7) is 10.7. The van der Waals surface area contributed by atoms with Crippen LogP contribution in [0.15, 0.2) is 0 Å². The van der Waals surface area contributed by atoms with E-state index in [2.05, 4.69) is 23.6 Å². The maximum atomic E-state index is 5.80. The molecule has 110 valence electrons. The van der Waals surface area contributed by atoms with Crippen LogP contribution < -0.4 is 5.73 Å². The Morgan fingerprint density at radius 2 is 2.00 bits per heavy atom. The summed E-state index contributed by atoms with van der Waals surface area (Å²) in [5.41, 5.74) is 5.81. The Balaban J connectivity index is 1.75. The van der Waals surface area contributed by atoms with Crippen molar-refractivity contribution in [3.05, 3.63) is 0 Å². The minimum Gasteiger partial charge on any atom is -0.393 e. The molecule has 3 nitrogen and oxygen atoms in total. The zero-order valence-electron chi connectivity index (χ0n) is 12.5. The molecule has 0 saturated carbocycles. The minimum absolute atomic E-state index is 0.0145. The van der Waals surface area contributed by atoms with Crippen LogP contribution in [0.3, 0.4) is 0 Å². The van der Waals surface area contributed by atoms with E-state index in [0.717, 1.165) is 12.5 Å². The maximum Gasteiger partial charge on any atom is 0.0784 e. The van der Waals surface area contributed by atoms with Gasteiger partial charge in [-0.3, -0.25) is 4.90 Å². The average molecular weight is 283 g/mol. The fourth-order valence-corrected chi connectivity index (χ4v) is 3.46. The highest BCUT2D eigenvalue weighted by Crippen LogP contribution is 2.24. The topological polar surface area (TPSA) is 32.5 Å². The summed E-state index contributed by atoms with van der Waals surface area (Å²) < 4.78 is 0. The molecule has 0 bridgehead atoms. The lowest BCUT2D eigenvalue weighted by molar-refractivity contribution is 0.214. The standard InChI is InChI=1S/C15H29N3S/c1-15(2,14(16)19)7-4-8-17-9-5-11-18-10-3-6-13(18)12-17/h13H,3-12H2,1-2H3,(H2,16,19). The van der Waals surface area contributed by atoms with Crippen molar-refractivity contribution in [2.24, 2.45) is 11.1 Å². The van der Waals surface area contributed by atoms with Gasteiger partial charge in [0.25, 0.3) is 0 Å². The second-order valence-corrected chi connectivity index (χ2v) is 7.28. The first-order valence-corrected chi connectivity index (χ1v) is 8.16. The van der Waals surface area contributed by atoms with E-state index in [4.69, 9.17) is 18.0 Å². The van der Waals surface area contributed by atoms with Crippen LogP contribution in [0, 0.1) is 5.41 Å². The van der Waals surface area contributed by atoms with Gasteiger partial charge in [-0.2, -0.15) is 0 Å². The van der Waals surface area contributed by atoms with E-state index in [1.807, 2.05) is 0 Å². The van der Waals surface area contributed by atoms with Gasteiger partial charge in [0.1, 0.15) is 0 Å². The van der Waals surface area contributed by atoms with Crippen LogP contribution in [0.25, 0.3) is 0 Å². The highest BCUT2D eigenvalue weighted by atomic mass is 32.1. The van der Waals surface area contributed by atoms with E-state index in [1.165, 1.54) is 58.4 Å². The second kappa shape index (κ2) is 6.51. The van der Waals surface area contributed by atoms with Gasteiger partial charge in [-0.15, -0.1) is 0 Å². The van der Waals surface area contributed by atoms with Crippen LogP contribution in [-0.4, -0.2) is 53.6 Å². The van der Waals surface area contributed by atoms with Crippen molar-refractivity contribution >= 4 is 17.2 Å². The second-order valence-electron chi connectivity index (χ2n) is 6.84. The Morgan fingerprint density at radius 1 is 1.26 bits per heavy atom. The zero-order chi connectivity index (χ0) is 13.9. The maximum absolute atomic E-state index is 5.80. The van der Waals surface area contributed by atoms with Gasteiger partial charge in [0.2, 0.25) is 0 Å². The molecule has 0 radical (unpaired) electrons. The van der Waals surface area contributed by atoms with Crippen molar-refractivity contribution in [2.75, 3.05) is 32.7 Å². The fraction of sp³-hybridized carbons (Fsp3) is 0.933. The fourth-order valence-electron chi connectivity index (χ4n) is 3.35. The Bertz CT molecular complexity index is 317. The lowest BCUT2D eigenvalue weighted by Gasteiger charge is -2.27. The van der Waals surface area contributed by atoms with Crippen LogP contribution in [-0.2, 0) is 0 Å². The summed E-state index contributed by atoms with van der Waals surface area (Å²) in [7, 11) is 0. The highest BCUT2D eigenvalue weighted by Gasteiger charge is 2.28. The molecular formula is C15H29N3S. The van der Waals surface area contributed by atoms with Crippen molar-refractivity contribution in [1.82, 2.24) is 9.80 Å². The van der Waals surface area contributed by atoms with Gasteiger partial charge < -0.3 is 10.6 Å². The number of fused-ring (bicyclic) bond motifs is 1. The average Bonchev–Trinajstić information content (AvgIpc) is 2.68. The molecule has 0 aromatic heterocycles. The molecule has 1 atom stereocenters. The van der Waals surface area contributed by atoms with Gasteiger partial charge in [0.15, 0.2) is 0 Å². The molecule has 0 aliphatic carbocycles. The van der Waals surface area contributed by atoms with E-state index < -0.39 is 0 Å². The molecule has 1 unspecified atom stereocenters. The SMILES string of the molecule is CC(C)(CCCN1CCCN2CCCC2C1)C(N)=S. The first kappa shape index (κ1) is 15.2. The molecule has 2 aliphatic heterocycles. The molecule has 2 saturated heterocycles. The van der Waals surface area contributed by atoms with Crippen molar-refractivity contribution in [2.45, 2.75) is 52.0 Å². The van der Waals surface area contributed by atoms with E-state index in [1.54, 1.807) is 0 Å². The third-order valence-electron chi connectivity index (χ3n) is 4.83. The molecular weight excluding hydrogens is 254 g/mol. The molecule has 2 heterocycles. The van der Waals surface area contributed by atoms with Gasteiger partial charge in [0.05, 0.1) is 4.99 Å². The predicted octanol–water partition coefficient (Wildman–Crippen LogP) is 2.25. The Labute approximate surface area is 123 Å². The molecule has 0 aromatic carbocycles. The first-order chi connectivity index (χ1) is 8.99. The minimum atomic E-state index is 0.0145. The molecule has 4 heteroatoms. The predicted molar refractivity (Wildman–Crippen MR) is 85.5 cm³/mol. The molecule has 2 N–H and O–H groups in total. The Kier molecular flexibility index (Phi) is 5.21. The third-order valence-corrected chi connectivity index (χ3v) is 5.38. The largest absolute Gasteiger partial charge is 0.393 e. The summed E-state index contributed by atoms with van der Waals surface area (Å²) in [5.74, 6) is 0. The van der Waals surface area contributed by atoms with Gasteiger partial charge in [0, 0.05) is 18.0 Å². The van der Waals surface area contributed by atoms with E-state index >= 15 is 0 Å². The van der Waals surface area contributed by atoms with Gasteiger partial charge in [-0.25, -0.2) is 0 Å². The van der Waals surface area contributed by atoms with Crippen molar-refractivity contribution < 1.29 is 0 Å². The molecule has 2 fully saturated rings. The number of thiocarbonyl (C=S) groups is 1. The highest BCUT2D eigenvalue weighted by molar-refractivity contribution is 7.80. The number of rotatable bonds is 5. The van der Waals surface area contributed by atoms with E-state index in [9.17, 15) is 0 Å². The van der Waals surface area contributed by atoms with Gasteiger partial charge >= 0.3 is 0 Å². The lowest BCUT2D eigenvalue weighted by Crippen LogP contribution is -2.37. The number of nitrogens with zero attached hydrogens (tertiary/aromatic N) is 2. The molecule has 2 rings (SSSR count). The van der Waals surface area contributed by atoms with Crippen LogP contribution in [0.1, 0.15) is 46.0 Å².